The molecule has 0 aromatic carbocycles. The molecule has 0 nitrogen and oxygen atoms in total. The molecule has 8 fully saturated rings. The van der Waals surface area contributed by atoms with Crippen LogP contribution in [0.4, 0.5) is 0 Å². The van der Waals surface area contributed by atoms with E-state index in [1.54, 1.807) is 57.8 Å². The van der Waals surface area contributed by atoms with E-state index in [0.29, 0.717) is 0 Å². The van der Waals surface area contributed by atoms with Crippen LogP contribution in [-0.4, -0.2) is 0 Å². The maximum Gasteiger partial charge on any atom is -0.0169 e. The Kier molecular flexibility index (Phi) is 9.49. The van der Waals surface area contributed by atoms with Crippen molar-refractivity contribution in [3.8, 4) is 0 Å². The predicted molar refractivity (Wildman–Crippen MR) is 148 cm³/mol. The first-order valence-corrected chi connectivity index (χ1v) is 15.8. The van der Waals surface area contributed by atoms with Crippen LogP contribution in [0.15, 0.2) is 36.5 Å². The van der Waals surface area contributed by atoms with Crippen LogP contribution in [0.25, 0.3) is 0 Å². The summed E-state index contributed by atoms with van der Waals surface area (Å²) < 4.78 is 0. The molecule has 0 aromatic rings. The van der Waals surface area contributed by atoms with E-state index >= 15 is 0 Å². The molecule has 2 atom stereocenters. The second kappa shape index (κ2) is 13.0. The van der Waals surface area contributed by atoms with Gasteiger partial charge in [-0.05, 0) is 112 Å². The van der Waals surface area contributed by atoms with E-state index in [9.17, 15) is 0 Å². The highest BCUT2D eigenvalue weighted by Crippen LogP contribution is 2.45. The van der Waals surface area contributed by atoms with Crippen LogP contribution in [0.3, 0.4) is 0 Å². The summed E-state index contributed by atoms with van der Waals surface area (Å²) in [5.74, 6) is 8.77. The van der Waals surface area contributed by atoms with Gasteiger partial charge < -0.3 is 0 Å². The smallest absolute Gasteiger partial charge is 0.0169 e. The lowest BCUT2D eigenvalue weighted by Gasteiger charge is -2.40. The number of rotatable bonds is 0. The van der Waals surface area contributed by atoms with Crippen molar-refractivity contribution in [2.45, 2.75) is 128 Å². The molecule has 0 N–H and O–H groups in total. The van der Waals surface area contributed by atoms with Crippen molar-refractivity contribution < 1.29 is 0 Å². The molecule has 8 saturated carbocycles. The molecule has 0 spiro atoms. The molecule has 12 aliphatic carbocycles. The van der Waals surface area contributed by atoms with E-state index in [1.807, 2.05) is 0 Å². The summed E-state index contributed by atoms with van der Waals surface area (Å²) in [6, 6.07) is 0. The van der Waals surface area contributed by atoms with Crippen LogP contribution < -0.4 is 0 Å². The minimum atomic E-state index is 0.991. The lowest BCUT2D eigenvalue weighted by Crippen LogP contribution is -2.28. The van der Waals surface area contributed by atoms with Crippen molar-refractivity contribution in [2.75, 3.05) is 0 Å². The summed E-state index contributed by atoms with van der Waals surface area (Å²) in [4.78, 5) is 0. The van der Waals surface area contributed by atoms with E-state index in [4.69, 9.17) is 0 Å². The average Bonchev–Trinajstić information content (AvgIpc) is 3.81. The van der Waals surface area contributed by atoms with Crippen molar-refractivity contribution >= 4 is 0 Å². The van der Waals surface area contributed by atoms with Crippen molar-refractivity contribution in [1.82, 2.24) is 0 Å². The molecular formula is C34H54. The fraction of sp³-hybridized carbons (Fsp3) is 0.824. The maximum atomic E-state index is 2.38. The Balaban J connectivity index is 0.0000000873. The van der Waals surface area contributed by atoms with Crippen LogP contribution in [0, 0.1) is 47.3 Å². The molecule has 0 amide bonds. The van der Waals surface area contributed by atoms with Crippen LogP contribution in [0.1, 0.15) is 128 Å². The first-order chi connectivity index (χ1) is 16.8. The third-order valence-electron chi connectivity index (χ3n) is 10.1. The summed E-state index contributed by atoms with van der Waals surface area (Å²) in [6.45, 7) is 0. The molecule has 0 aromatic heterocycles. The topological polar surface area (TPSA) is 0 Å². The Morgan fingerprint density at radius 1 is 0.353 bits per heavy atom. The largest absolute Gasteiger partial charge is 0.0880 e. The minimum absolute atomic E-state index is 0.991. The normalized spacial score (nSPS) is 42.4. The SMILES string of the molecule is C1=CC1.C1=CC2CC(C1)C2.C1=CC2CCC1C2.C1CC1.C1CC2CC(C1)C2.C1CC2CCC1C2. The third-order valence-corrected chi connectivity index (χ3v) is 10.1. The molecule has 12 aliphatic rings. The highest BCUT2D eigenvalue weighted by atomic mass is 14.4. The minimum Gasteiger partial charge on any atom is -0.0880 e. The zero-order valence-corrected chi connectivity index (χ0v) is 22.2. The molecule has 0 radical (unpaired) electrons. The molecule has 0 heteroatoms. The van der Waals surface area contributed by atoms with Gasteiger partial charge >= 0.3 is 0 Å². The van der Waals surface area contributed by atoms with Crippen LogP contribution in [0.2, 0.25) is 0 Å². The molecule has 0 saturated heterocycles. The fourth-order valence-corrected chi connectivity index (χ4v) is 7.53. The van der Waals surface area contributed by atoms with E-state index in [-0.39, 0.29) is 0 Å². The van der Waals surface area contributed by atoms with E-state index in [1.165, 1.54) is 94.3 Å². The molecule has 8 bridgehead atoms. The standard InChI is InChI=1S/C7H12.C7H10.C7H12.C7H10.C3H6.C3H4/c2*1-2-7-4-3-6(1)5-7;2*1-2-6-4-7(3-1)5-6;2*1-2-3-1/h6-7H,1-5H2;1-2,6-7H,3-5H2;6-7H,1-5H2;1-2,6-7H,3-5H2;1-3H2;1-2H,3H2. The molecule has 0 heterocycles. The summed E-state index contributed by atoms with van der Waals surface area (Å²) in [6.07, 6.45) is 43.9. The number of allylic oxidation sites excluding steroid dienone is 6. The maximum absolute atomic E-state index is 2.38. The van der Waals surface area contributed by atoms with Gasteiger partial charge in [0.1, 0.15) is 0 Å². The Bertz CT molecular complexity index is 618. The summed E-state index contributed by atoms with van der Waals surface area (Å²) >= 11 is 0. The average molecular weight is 463 g/mol. The van der Waals surface area contributed by atoms with Crippen LogP contribution in [0.5, 0.6) is 0 Å². The second-order valence-corrected chi connectivity index (χ2v) is 13.5. The second-order valence-electron chi connectivity index (χ2n) is 13.5. The summed E-state index contributed by atoms with van der Waals surface area (Å²) in [7, 11) is 0. The number of fused-ring (bicyclic) bond motifs is 7. The monoisotopic (exact) mass is 462 g/mol. The van der Waals surface area contributed by atoms with Gasteiger partial charge in [0.05, 0.1) is 0 Å². The van der Waals surface area contributed by atoms with Gasteiger partial charge in [-0.1, -0.05) is 101 Å². The molecule has 34 heavy (non-hydrogen) atoms. The highest BCUT2D eigenvalue weighted by molar-refractivity contribution is 5.06. The van der Waals surface area contributed by atoms with Gasteiger partial charge in [0.25, 0.3) is 0 Å². The van der Waals surface area contributed by atoms with E-state index < -0.39 is 0 Å². The molecular weight excluding hydrogens is 408 g/mol. The van der Waals surface area contributed by atoms with Crippen LogP contribution in [-0.2, 0) is 0 Å². The van der Waals surface area contributed by atoms with Gasteiger partial charge in [-0.3, -0.25) is 0 Å². The lowest BCUT2D eigenvalue weighted by atomic mass is 9.65. The Morgan fingerprint density at radius 3 is 1.00 bits per heavy atom. The van der Waals surface area contributed by atoms with Crippen molar-refractivity contribution in [2.24, 2.45) is 47.3 Å². The predicted octanol–water partition coefficient (Wildman–Crippen LogP) is 10.5. The van der Waals surface area contributed by atoms with Gasteiger partial charge in [-0.25, -0.2) is 0 Å². The third kappa shape index (κ3) is 8.71. The van der Waals surface area contributed by atoms with Gasteiger partial charge in [0, 0.05) is 0 Å². The van der Waals surface area contributed by atoms with Gasteiger partial charge in [0.15, 0.2) is 0 Å². The molecule has 0 aliphatic heterocycles. The fourth-order valence-electron chi connectivity index (χ4n) is 7.53. The first-order valence-electron chi connectivity index (χ1n) is 15.8. The van der Waals surface area contributed by atoms with Crippen molar-refractivity contribution in [3.63, 3.8) is 0 Å². The number of hydrogen-bond donors (Lipinski definition) is 0. The Hall–Kier alpha value is -0.780. The quantitative estimate of drug-likeness (QED) is 0.314. The van der Waals surface area contributed by atoms with Gasteiger partial charge in [-0.15, -0.1) is 0 Å². The Morgan fingerprint density at radius 2 is 0.882 bits per heavy atom. The zero-order valence-electron chi connectivity index (χ0n) is 22.2. The Labute approximate surface area is 212 Å². The molecule has 12 rings (SSSR count). The lowest BCUT2D eigenvalue weighted by molar-refractivity contribution is 0.116. The van der Waals surface area contributed by atoms with E-state index in [2.05, 4.69) is 36.5 Å². The summed E-state index contributed by atoms with van der Waals surface area (Å²) in [5.41, 5.74) is 0. The molecule has 2 unspecified atom stereocenters. The highest BCUT2D eigenvalue weighted by Gasteiger charge is 2.32. The van der Waals surface area contributed by atoms with Crippen LogP contribution >= 0.6 is 0 Å². The van der Waals surface area contributed by atoms with Gasteiger partial charge in [0.2, 0.25) is 0 Å². The molecule has 190 valence electrons. The number of hydrogen-bond acceptors (Lipinski definition) is 0. The van der Waals surface area contributed by atoms with Crippen molar-refractivity contribution in [1.29, 1.82) is 0 Å². The van der Waals surface area contributed by atoms with E-state index in [0.717, 1.165) is 23.7 Å². The van der Waals surface area contributed by atoms with Gasteiger partial charge in [-0.2, -0.15) is 0 Å². The first kappa shape index (κ1) is 24.9. The van der Waals surface area contributed by atoms with Crippen molar-refractivity contribution in [3.05, 3.63) is 36.5 Å². The summed E-state index contributed by atoms with van der Waals surface area (Å²) in [5, 5.41) is 0. The zero-order chi connectivity index (χ0) is 23.0.